The van der Waals surface area contributed by atoms with Gasteiger partial charge in [0.2, 0.25) is 0 Å². The number of rotatable bonds is 2. The molecule has 1 aliphatic heterocycles. The summed E-state index contributed by atoms with van der Waals surface area (Å²) in [5.74, 6) is -0.175. The molecule has 2 rings (SSSR count). The van der Waals surface area contributed by atoms with Gasteiger partial charge in [0.1, 0.15) is 5.82 Å². The van der Waals surface area contributed by atoms with Gasteiger partial charge in [-0.1, -0.05) is 18.2 Å². The fourth-order valence-electron chi connectivity index (χ4n) is 1.93. The van der Waals surface area contributed by atoms with Gasteiger partial charge in [-0.25, -0.2) is 4.39 Å². The molecule has 1 aliphatic rings. The molecule has 15 heavy (non-hydrogen) atoms. The van der Waals surface area contributed by atoms with Crippen molar-refractivity contribution in [2.45, 2.75) is 18.9 Å². The Bertz CT molecular complexity index is 327. The summed E-state index contributed by atoms with van der Waals surface area (Å²) in [5.41, 5.74) is 0.659. The first kappa shape index (κ1) is 10.6. The molecule has 1 heterocycles. The summed E-state index contributed by atoms with van der Waals surface area (Å²) in [6.07, 6.45) is 0.839. The second kappa shape index (κ2) is 4.73. The highest BCUT2D eigenvalue weighted by molar-refractivity contribution is 5.18. The van der Waals surface area contributed by atoms with E-state index in [0.717, 1.165) is 0 Å². The number of hydrogen-bond acceptors (Lipinski definition) is 2. The van der Waals surface area contributed by atoms with E-state index in [9.17, 15) is 9.50 Å². The molecule has 1 fully saturated rings. The van der Waals surface area contributed by atoms with E-state index < -0.39 is 0 Å². The van der Waals surface area contributed by atoms with Crippen molar-refractivity contribution in [2.24, 2.45) is 5.92 Å². The second-order valence-electron chi connectivity index (χ2n) is 3.99. The maximum absolute atomic E-state index is 13.3. The largest absolute Gasteiger partial charge is 0.393 e. The smallest absolute Gasteiger partial charge is 0.126 e. The zero-order valence-electron chi connectivity index (χ0n) is 8.53. The van der Waals surface area contributed by atoms with Gasteiger partial charge >= 0.3 is 0 Å². The molecule has 0 spiro atoms. The van der Waals surface area contributed by atoms with E-state index in [1.807, 2.05) is 6.07 Å². The molecule has 1 aromatic carbocycles. The Hall–Kier alpha value is -0.930. The SMILES string of the molecule is O[C@@H]1CCOC[C@H]1Cc1ccccc1F. The molecule has 2 nitrogen and oxygen atoms in total. The summed E-state index contributed by atoms with van der Waals surface area (Å²) in [6.45, 7) is 1.13. The fraction of sp³-hybridized carbons (Fsp3) is 0.500. The van der Waals surface area contributed by atoms with Crippen LogP contribution in [0.2, 0.25) is 0 Å². The Morgan fingerprint density at radius 3 is 2.93 bits per heavy atom. The molecule has 0 bridgehead atoms. The second-order valence-corrected chi connectivity index (χ2v) is 3.99. The van der Waals surface area contributed by atoms with Crippen molar-refractivity contribution in [1.29, 1.82) is 0 Å². The van der Waals surface area contributed by atoms with Gasteiger partial charge in [-0.15, -0.1) is 0 Å². The van der Waals surface area contributed by atoms with Gasteiger partial charge in [-0.05, 0) is 24.5 Å². The number of benzene rings is 1. The number of hydrogen-bond donors (Lipinski definition) is 1. The summed E-state index contributed by atoms with van der Waals surface area (Å²) < 4.78 is 18.6. The third kappa shape index (κ3) is 2.55. The maximum atomic E-state index is 13.3. The van der Waals surface area contributed by atoms with Gasteiger partial charge in [0.25, 0.3) is 0 Å². The van der Waals surface area contributed by atoms with Crippen LogP contribution in [0, 0.1) is 11.7 Å². The van der Waals surface area contributed by atoms with Crippen molar-refractivity contribution in [2.75, 3.05) is 13.2 Å². The molecule has 1 saturated heterocycles. The monoisotopic (exact) mass is 210 g/mol. The van der Waals surface area contributed by atoms with Crippen LogP contribution in [0.25, 0.3) is 0 Å². The molecule has 2 atom stereocenters. The molecule has 82 valence electrons. The van der Waals surface area contributed by atoms with Gasteiger partial charge in [0.05, 0.1) is 12.7 Å². The molecule has 3 heteroatoms. The van der Waals surface area contributed by atoms with Gasteiger partial charge < -0.3 is 9.84 Å². The molecular formula is C12H15FO2. The Kier molecular flexibility index (Phi) is 3.34. The zero-order chi connectivity index (χ0) is 10.7. The molecule has 0 aliphatic carbocycles. The molecule has 1 aromatic rings. The van der Waals surface area contributed by atoms with Crippen molar-refractivity contribution in [3.05, 3.63) is 35.6 Å². The Balaban J connectivity index is 2.04. The molecule has 0 aromatic heterocycles. The van der Waals surface area contributed by atoms with E-state index >= 15 is 0 Å². The standard InChI is InChI=1S/C12H15FO2/c13-11-4-2-1-3-9(11)7-10-8-15-6-5-12(10)14/h1-4,10,12,14H,5-8H2/t10-,12-/m1/s1. The molecule has 0 radical (unpaired) electrons. The fourth-order valence-corrected chi connectivity index (χ4v) is 1.93. The van der Waals surface area contributed by atoms with E-state index in [1.165, 1.54) is 6.07 Å². The number of aliphatic hydroxyl groups excluding tert-OH is 1. The first-order chi connectivity index (χ1) is 7.27. The van der Waals surface area contributed by atoms with E-state index in [4.69, 9.17) is 4.74 Å². The molecule has 0 saturated carbocycles. The van der Waals surface area contributed by atoms with Gasteiger partial charge in [-0.3, -0.25) is 0 Å². The Morgan fingerprint density at radius 1 is 1.40 bits per heavy atom. The maximum Gasteiger partial charge on any atom is 0.126 e. The van der Waals surface area contributed by atoms with Crippen LogP contribution >= 0.6 is 0 Å². The van der Waals surface area contributed by atoms with Crippen molar-refractivity contribution in [3.63, 3.8) is 0 Å². The van der Waals surface area contributed by atoms with E-state index in [1.54, 1.807) is 12.1 Å². The lowest BCUT2D eigenvalue weighted by Gasteiger charge is -2.27. The summed E-state index contributed by atoms with van der Waals surface area (Å²) in [4.78, 5) is 0. The van der Waals surface area contributed by atoms with Crippen molar-refractivity contribution in [1.82, 2.24) is 0 Å². The third-order valence-electron chi connectivity index (χ3n) is 2.87. The van der Waals surface area contributed by atoms with Crippen molar-refractivity contribution < 1.29 is 14.2 Å². The quantitative estimate of drug-likeness (QED) is 0.806. The summed E-state index contributed by atoms with van der Waals surface area (Å²) in [6, 6.07) is 6.70. The highest BCUT2D eigenvalue weighted by Crippen LogP contribution is 2.20. The van der Waals surface area contributed by atoms with Crippen LogP contribution < -0.4 is 0 Å². The summed E-state index contributed by atoms with van der Waals surface area (Å²) in [5, 5.41) is 9.72. The lowest BCUT2D eigenvalue weighted by atomic mass is 9.91. The highest BCUT2D eigenvalue weighted by atomic mass is 19.1. The van der Waals surface area contributed by atoms with Crippen LogP contribution in [0.3, 0.4) is 0 Å². The van der Waals surface area contributed by atoms with Crippen molar-refractivity contribution in [3.8, 4) is 0 Å². The van der Waals surface area contributed by atoms with Crippen molar-refractivity contribution >= 4 is 0 Å². The Labute approximate surface area is 88.7 Å². The minimum absolute atomic E-state index is 0.0237. The van der Waals surface area contributed by atoms with Gasteiger partial charge in [-0.2, -0.15) is 0 Å². The summed E-state index contributed by atoms with van der Waals surface area (Å²) >= 11 is 0. The normalized spacial score (nSPS) is 26.5. The van der Waals surface area contributed by atoms with Crippen LogP contribution in [0.5, 0.6) is 0 Å². The number of halogens is 1. The molecular weight excluding hydrogens is 195 g/mol. The topological polar surface area (TPSA) is 29.5 Å². The number of aliphatic hydroxyl groups is 1. The molecule has 0 unspecified atom stereocenters. The third-order valence-corrected chi connectivity index (χ3v) is 2.87. The average Bonchev–Trinajstić information content (AvgIpc) is 2.24. The van der Waals surface area contributed by atoms with Crippen LogP contribution in [0.15, 0.2) is 24.3 Å². The van der Waals surface area contributed by atoms with Crippen LogP contribution in [0.4, 0.5) is 4.39 Å². The predicted octanol–water partition coefficient (Wildman–Crippen LogP) is 1.77. The Morgan fingerprint density at radius 2 is 2.20 bits per heavy atom. The minimum Gasteiger partial charge on any atom is -0.393 e. The van der Waals surface area contributed by atoms with E-state index in [0.29, 0.717) is 31.6 Å². The van der Waals surface area contributed by atoms with Gasteiger partial charge in [0, 0.05) is 12.5 Å². The first-order valence-corrected chi connectivity index (χ1v) is 5.26. The van der Waals surface area contributed by atoms with Crippen LogP contribution in [-0.4, -0.2) is 24.4 Å². The number of ether oxygens (including phenoxy) is 1. The van der Waals surface area contributed by atoms with Gasteiger partial charge in [0.15, 0.2) is 0 Å². The molecule has 0 amide bonds. The minimum atomic E-state index is -0.363. The highest BCUT2D eigenvalue weighted by Gasteiger charge is 2.24. The lowest BCUT2D eigenvalue weighted by Crippen LogP contribution is -2.33. The average molecular weight is 210 g/mol. The zero-order valence-corrected chi connectivity index (χ0v) is 8.53. The summed E-state index contributed by atoms with van der Waals surface area (Å²) in [7, 11) is 0. The van der Waals surface area contributed by atoms with E-state index in [-0.39, 0.29) is 17.8 Å². The molecule has 1 N–H and O–H groups in total. The predicted molar refractivity (Wildman–Crippen MR) is 55.0 cm³/mol. The van der Waals surface area contributed by atoms with Crippen LogP contribution in [0.1, 0.15) is 12.0 Å². The first-order valence-electron chi connectivity index (χ1n) is 5.26. The lowest BCUT2D eigenvalue weighted by molar-refractivity contribution is -0.0352. The van der Waals surface area contributed by atoms with Crippen LogP contribution in [-0.2, 0) is 11.2 Å². The van der Waals surface area contributed by atoms with E-state index in [2.05, 4.69) is 0 Å².